The summed E-state index contributed by atoms with van der Waals surface area (Å²) in [6.07, 6.45) is 6.53. The molecule has 1 atom stereocenters. The second-order valence-electron chi connectivity index (χ2n) is 7.41. The summed E-state index contributed by atoms with van der Waals surface area (Å²) in [5.41, 5.74) is 2.36. The molecule has 1 aromatic heterocycles. The molecule has 0 amide bonds. The van der Waals surface area contributed by atoms with Gasteiger partial charge in [-0.1, -0.05) is 6.07 Å². The molecular weight excluding hydrogens is 327 g/mol. The molecule has 138 valence electrons. The van der Waals surface area contributed by atoms with E-state index in [4.69, 9.17) is 0 Å². The maximum absolute atomic E-state index is 13.5. The first-order valence-electron chi connectivity index (χ1n) is 9.72. The van der Waals surface area contributed by atoms with Gasteiger partial charge in [0.1, 0.15) is 11.6 Å². The Morgan fingerprint density at radius 2 is 2.00 bits per heavy atom. The Hall–Kier alpha value is -2.14. The number of benzene rings is 1. The van der Waals surface area contributed by atoms with Gasteiger partial charge in [-0.05, 0) is 80.6 Å². The van der Waals surface area contributed by atoms with Crippen molar-refractivity contribution < 1.29 is 4.39 Å². The lowest BCUT2D eigenvalue weighted by Gasteiger charge is -2.35. The molecule has 2 N–H and O–H groups in total. The summed E-state index contributed by atoms with van der Waals surface area (Å²) in [5.74, 6) is 1.43. The lowest BCUT2D eigenvalue weighted by Crippen LogP contribution is -2.42. The predicted octanol–water partition coefficient (Wildman–Crippen LogP) is 3.77. The normalized spacial score (nSPS) is 21.6. The summed E-state index contributed by atoms with van der Waals surface area (Å²) in [5, 5.41) is 7.04. The minimum absolute atomic E-state index is 0.172. The van der Waals surface area contributed by atoms with E-state index in [1.54, 1.807) is 12.1 Å². The number of pyridine rings is 1. The Labute approximate surface area is 154 Å². The van der Waals surface area contributed by atoms with Crippen LogP contribution in [0.3, 0.4) is 0 Å². The number of anilines is 2. The average Bonchev–Trinajstić information content (AvgIpc) is 2.69. The molecule has 2 aromatic rings. The molecule has 0 radical (unpaired) electrons. The summed E-state index contributed by atoms with van der Waals surface area (Å²) in [6.45, 7) is 4.05. The second kappa shape index (κ2) is 8.04. The zero-order chi connectivity index (χ0) is 17.8. The summed E-state index contributed by atoms with van der Waals surface area (Å²) >= 11 is 0. The van der Waals surface area contributed by atoms with Crippen molar-refractivity contribution in [1.82, 2.24) is 10.3 Å². The monoisotopic (exact) mass is 354 g/mol. The van der Waals surface area contributed by atoms with Crippen LogP contribution in [0.1, 0.15) is 37.2 Å². The molecule has 26 heavy (non-hydrogen) atoms. The van der Waals surface area contributed by atoms with Crippen LogP contribution in [0.2, 0.25) is 0 Å². The lowest BCUT2D eigenvalue weighted by atomic mass is 9.91. The molecule has 0 aliphatic carbocycles. The number of nitrogens with zero attached hydrogens (tertiary/aromatic N) is 2. The maximum atomic E-state index is 13.5. The van der Waals surface area contributed by atoms with E-state index in [0.717, 1.165) is 50.5 Å². The molecule has 4 rings (SSSR count). The molecule has 0 unspecified atom stereocenters. The minimum Gasteiger partial charge on any atom is -0.369 e. The zero-order valence-corrected chi connectivity index (χ0v) is 15.1. The molecular formula is C21H27FN4. The van der Waals surface area contributed by atoms with Gasteiger partial charge in [-0.25, -0.2) is 9.37 Å². The van der Waals surface area contributed by atoms with Crippen molar-refractivity contribution >= 4 is 11.5 Å². The van der Waals surface area contributed by atoms with Gasteiger partial charge in [-0.3, -0.25) is 0 Å². The molecule has 0 bridgehead atoms. The largest absolute Gasteiger partial charge is 0.369 e. The van der Waals surface area contributed by atoms with Crippen LogP contribution in [-0.2, 0) is 0 Å². The summed E-state index contributed by atoms with van der Waals surface area (Å²) in [7, 11) is 0. The van der Waals surface area contributed by atoms with Crippen LogP contribution in [0, 0.1) is 5.82 Å². The highest BCUT2D eigenvalue weighted by Gasteiger charge is 2.21. The van der Waals surface area contributed by atoms with Gasteiger partial charge in [0.15, 0.2) is 0 Å². The Morgan fingerprint density at radius 1 is 1.12 bits per heavy atom. The van der Waals surface area contributed by atoms with Crippen LogP contribution in [0.25, 0.3) is 0 Å². The molecule has 2 aliphatic heterocycles. The second-order valence-corrected chi connectivity index (χ2v) is 7.41. The first-order valence-corrected chi connectivity index (χ1v) is 9.72. The number of hydrogen-bond donors (Lipinski definition) is 2. The lowest BCUT2D eigenvalue weighted by molar-refractivity contribution is 0.460. The van der Waals surface area contributed by atoms with Crippen molar-refractivity contribution in [3.8, 4) is 0 Å². The van der Waals surface area contributed by atoms with Crippen molar-refractivity contribution in [2.24, 2.45) is 0 Å². The molecule has 2 saturated heterocycles. The highest BCUT2D eigenvalue weighted by molar-refractivity contribution is 5.48. The fraction of sp³-hybridized carbons (Fsp3) is 0.476. The number of nitrogens with one attached hydrogen (secondary N) is 2. The molecule has 4 nitrogen and oxygen atoms in total. The number of halogens is 1. The molecule has 3 heterocycles. The van der Waals surface area contributed by atoms with Crippen LogP contribution in [0.15, 0.2) is 42.6 Å². The van der Waals surface area contributed by atoms with E-state index in [1.807, 2.05) is 12.3 Å². The third-order valence-corrected chi connectivity index (χ3v) is 5.54. The Kier molecular flexibility index (Phi) is 5.34. The average molecular weight is 354 g/mol. The quantitative estimate of drug-likeness (QED) is 0.877. The molecule has 2 fully saturated rings. The van der Waals surface area contributed by atoms with E-state index in [9.17, 15) is 4.39 Å². The first kappa shape index (κ1) is 17.3. The topological polar surface area (TPSA) is 40.2 Å². The zero-order valence-electron chi connectivity index (χ0n) is 15.1. The van der Waals surface area contributed by atoms with Crippen molar-refractivity contribution in [1.29, 1.82) is 0 Å². The van der Waals surface area contributed by atoms with E-state index in [1.165, 1.54) is 24.5 Å². The summed E-state index contributed by atoms with van der Waals surface area (Å²) < 4.78 is 13.5. The third-order valence-electron chi connectivity index (χ3n) is 5.54. The van der Waals surface area contributed by atoms with Crippen molar-refractivity contribution in [3.63, 3.8) is 0 Å². The van der Waals surface area contributed by atoms with Crippen LogP contribution < -0.4 is 15.5 Å². The van der Waals surface area contributed by atoms with Crippen molar-refractivity contribution in [2.75, 3.05) is 36.4 Å². The maximum Gasteiger partial charge on any atom is 0.126 e. The number of aromatic nitrogens is 1. The van der Waals surface area contributed by atoms with Crippen molar-refractivity contribution in [3.05, 3.63) is 54.0 Å². The van der Waals surface area contributed by atoms with Crippen LogP contribution in [-0.4, -0.2) is 37.2 Å². The fourth-order valence-electron chi connectivity index (χ4n) is 4.15. The standard InChI is InChI=1S/C21H27FN4/c22-18-3-1-5-20(14-18)26-12-2-4-19(15-26)25-21-13-17(8-11-24-21)16-6-9-23-10-7-16/h1,3,5,8,11,13-14,16,19,23H,2,4,6-7,9-10,12,15H2,(H,24,25)/t19-/m1/s1. The van der Waals surface area contributed by atoms with Gasteiger partial charge in [-0.2, -0.15) is 0 Å². The van der Waals surface area contributed by atoms with Crippen molar-refractivity contribution in [2.45, 2.75) is 37.6 Å². The van der Waals surface area contributed by atoms with E-state index < -0.39 is 0 Å². The molecule has 0 spiro atoms. The smallest absolute Gasteiger partial charge is 0.126 e. The highest BCUT2D eigenvalue weighted by atomic mass is 19.1. The van der Waals surface area contributed by atoms with E-state index in [2.05, 4.69) is 32.7 Å². The molecule has 1 aromatic carbocycles. The minimum atomic E-state index is -0.172. The van der Waals surface area contributed by atoms with Gasteiger partial charge in [0.05, 0.1) is 0 Å². The van der Waals surface area contributed by atoms with Crippen LogP contribution in [0.4, 0.5) is 15.9 Å². The molecule has 5 heteroatoms. The van der Waals surface area contributed by atoms with Crippen LogP contribution in [0.5, 0.6) is 0 Å². The van der Waals surface area contributed by atoms with Gasteiger partial charge in [0.2, 0.25) is 0 Å². The molecule has 0 saturated carbocycles. The van der Waals surface area contributed by atoms with E-state index in [-0.39, 0.29) is 5.82 Å². The number of hydrogen-bond acceptors (Lipinski definition) is 4. The highest BCUT2D eigenvalue weighted by Crippen LogP contribution is 2.27. The number of piperidine rings is 2. The Morgan fingerprint density at radius 3 is 2.85 bits per heavy atom. The summed E-state index contributed by atoms with van der Waals surface area (Å²) in [6, 6.07) is 11.6. The first-order chi connectivity index (χ1) is 12.8. The predicted molar refractivity (Wildman–Crippen MR) is 104 cm³/mol. The van der Waals surface area contributed by atoms with E-state index in [0.29, 0.717) is 12.0 Å². The van der Waals surface area contributed by atoms with Gasteiger partial charge in [-0.15, -0.1) is 0 Å². The molecule has 2 aliphatic rings. The van der Waals surface area contributed by atoms with Gasteiger partial charge < -0.3 is 15.5 Å². The van der Waals surface area contributed by atoms with Gasteiger partial charge in [0, 0.05) is 31.0 Å². The number of rotatable bonds is 4. The van der Waals surface area contributed by atoms with Gasteiger partial charge >= 0.3 is 0 Å². The van der Waals surface area contributed by atoms with E-state index >= 15 is 0 Å². The Bertz CT molecular complexity index is 729. The third kappa shape index (κ3) is 4.15. The Balaban J connectivity index is 1.42. The fourth-order valence-corrected chi connectivity index (χ4v) is 4.15. The van der Waals surface area contributed by atoms with Crippen LogP contribution >= 0.6 is 0 Å². The summed E-state index contributed by atoms with van der Waals surface area (Å²) in [4.78, 5) is 6.80. The SMILES string of the molecule is Fc1cccc(N2CCC[C@@H](Nc3cc(C4CCNCC4)ccn3)C2)c1. The van der Waals surface area contributed by atoms with Gasteiger partial charge in [0.25, 0.3) is 0 Å².